The van der Waals surface area contributed by atoms with Crippen LogP contribution in [0.15, 0.2) is 0 Å². The van der Waals surface area contributed by atoms with Crippen LogP contribution in [0.1, 0.15) is 26.2 Å². The lowest BCUT2D eigenvalue weighted by molar-refractivity contribution is 0.000207. The fourth-order valence-corrected chi connectivity index (χ4v) is 2.03. The summed E-state index contributed by atoms with van der Waals surface area (Å²) in [7, 11) is 0. The maximum Gasteiger partial charge on any atom is 0.0708 e. The second kappa shape index (κ2) is 1.10. The highest BCUT2D eigenvalue weighted by Gasteiger charge is 2.66. The third-order valence-electron chi connectivity index (χ3n) is 2.89. The molecule has 0 aromatic heterocycles. The highest BCUT2D eigenvalue weighted by Crippen LogP contribution is 2.64. The molecule has 46 valence electrons. The van der Waals surface area contributed by atoms with E-state index in [9.17, 15) is 5.11 Å². The van der Waals surface area contributed by atoms with Crippen molar-refractivity contribution in [2.24, 2.45) is 11.8 Å². The van der Waals surface area contributed by atoms with Crippen LogP contribution in [0.4, 0.5) is 0 Å². The van der Waals surface area contributed by atoms with Crippen molar-refractivity contribution in [3.8, 4) is 0 Å². The molecule has 0 aliphatic heterocycles. The maximum atomic E-state index is 9.45. The van der Waals surface area contributed by atoms with Crippen molar-refractivity contribution in [1.29, 1.82) is 0 Å². The highest BCUT2D eigenvalue weighted by atomic mass is 16.3. The molecule has 8 heavy (non-hydrogen) atoms. The Hall–Kier alpha value is -0.0400. The summed E-state index contributed by atoms with van der Waals surface area (Å²) in [6.45, 7) is 2.16. The lowest BCUT2D eigenvalue weighted by Gasteiger charge is -2.30. The molecule has 2 aliphatic carbocycles. The van der Waals surface area contributed by atoms with Gasteiger partial charge in [0.15, 0.2) is 0 Å². The number of hydrogen-bond donors (Lipinski definition) is 1. The van der Waals surface area contributed by atoms with Crippen LogP contribution in [0.25, 0.3) is 0 Å². The zero-order valence-electron chi connectivity index (χ0n) is 5.22. The molecule has 3 unspecified atom stereocenters. The first-order chi connectivity index (χ1) is 3.77. The van der Waals surface area contributed by atoms with E-state index in [2.05, 4.69) is 6.92 Å². The molecule has 1 nitrogen and oxygen atoms in total. The second-order valence-electron chi connectivity index (χ2n) is 3.23. The standard InChI is InChI=1S/C7H12O/c1-2-5-3-6-4-7(5,6)8/h5-6,8H,2-4H2,1H3. The van der Waals surface area contributed by atoms with E-state index < -0.39 is 0 Å². The third kappa shape index (κ3) is 0.334. The molecule has 0 spiro atoms. The van der Waals surface area contributed by atoms with Gasteiger partial charge in [-0.2, -0.15) is 0 Å². The first-order valence-corrected chi connectivity index (χ1v) is 3.49. The molecule has 0 aromatic rings. The molecular weight excluding hydrogens is 100 g/mol. The Kier molecular flexibility index (Phi) is 0.663. The molecule has 0 aromatic carbocycles. The summed E-state index contributed by atoms with van der Waals surface area (Å²) in [5.41, 5.74) is -0.144. The Morgan fingerprint density at radius 3 is 2.62 bits per heavy atom. The molecule has 0 amide bonds. The Labute approximate surface area is 49.7 Å². The third-order valence-corrected chi connectivity index (χ3v) is 2.89. The molecule has 2 aliphatic rings. The van der Waals surface area contributed by atoms with E-state index in [0.717, 1.165) is 6.42 Å². The molecule has 2 rings (SSSR count). The second-order valence-corrected chi connectivity index (χ2v) is 3.23. The van der Waals surface area contributed by atoms with Crippen molar-refractivity contribution >= 4 is 0 Å². The molecule has 2 fully saturated rings. The Morgan fingerprint density at radius 2 is 2.50 bits per heavy atom. The van der Waals surface area contributed by atoms with E-state index in [1.165, 1.54) is 12.8 Å². The fourth-order valence-electron chi connectivity index (χ4n) is 2.03. The molecule has 1 heteroatoms. The minimum Gasteiger partial charge on any atom is -0.389 e. The zero-order valence-corrected chi connectivity index (χ0v) is 5.22. The average molecular weight is 112 g/mol. The van der Waals surface area contributed by atoms with Gasteiger partial charge in [-0.05, 0) is 24.7 Å². The quantitative estimate of drug-likeness (QED) is 0.539. The molecule has 3 atom stereocenters. The number of rotatable bonds is 1. The first kappa shape index (κ1) is 4.80. The molecule has 0 saturated heterocycles. The molecular formula is C7H12O. The summed E-state index contributed by atoms with van der Waals surface area (Å²) in [6.07, 6.45) is 3.57. The van der Waals surface area contributed by atoms with Gasteiger partial charge in [0.2, 0.25) is 0 Å². The zero-order chi connectivity index (χ0) is 5.78. The predicted octanol–water partition coefficient (Wildman–Crippen LogP) is 1.17. The Balaban J connectivity index is 2.03. The first-order valence-electron chi connectivity index (χ1n) is 3.49. The average Bonchev–Trinajstić information content (AvgIpc) is 2.21. The van der Waals surface area contributed by atoms with Crippen LogP contribution in [-0.2, 0) is 0 Å². The predicted molar refractivity (Wildman–Crippen MR) is 31.5 cm³/mol. The lowest BCUT2D eigenvalue weighted by Crippen LogP contribution is -2.33. The van der Waals surface area contributed by atoms with Gasteiger partial charge in [-0.1, -0.05) is 13.3 Å². The number of fused-ring (bicyclic) bond motifs is 1. The fraction of sp³-hybridized carbons (Fsp3) is 1.00. The van der Waals surface area contributed by atoms with Gasteiger partial charge in [-0.15, -0.1) is 0 Å². The van der Waals surface area contributed by atoms with Gasteiger partial charge < -0.3 is 5.11 Å². The van der Waals surface area contributed by atoms with Crippen molar-refractivity contribution in [2.75, 3.05) is 0 Å². The van der Waals surface area contributed by atoms with Gasteiger partial charge in [0.05, 0.1) is 5.60 Å². The number of aliphatic hydroxyl groups is 1. The molecule has 0 heterocycles. The van der Waals surface area contributed by atoms with Crippen molar-refractivity contribution in [3.05, 3.63) is 0 Å². The van der Waals surface area contributed by atoms with Crippen molar-refractivity contribution in [2.45, 2.75) is 31.8 Å². The summed E-state index contributed by atoms with van der Waals surface area (Å²) >= 11 is 0. The van der Waals surface area contributed by atoms with E-state index in [0.29, 0.717) is 11.8 Å². The normalized spacial score (nSPS) is 59.2. The Bertz CT molecular complexity index is 122. The highest BCUT2D eigenvalue weighted by molar-refractivity contribution is 5.16. The van der Waals surface area contributed by atoms with E-state index >= 15 is 0 Å². The smallest absolute Gasteiger partial charge is 0.0708 e. The van der Waals surface area contributed by atoms with Crippen LogP contribution in [0.2, 0.25) is 0 Å². The van der Waals surface area contributed by atoms with Crippen LogP contribution in [0.3, 0.4) is 0 Å². The Morgan fingerprint density at radius 1 is 1.75 bits per heavy atom. The molecule has 0 radical (unpaired) electrons. The van der Waals surface area contributed by atoms with Crippen LogP contribution >= 0.6 is 0 Å². The van der Waals surface area contributed by atoms with Gasteiger partial charge in [0.1, 0.15) is 0 Å². The van der Waals surface area contributed by atoms with Gasteiger partial charge in [-0.25, -0.2) is 0 Å². The summed E-state index contributed by atoms with van der Waals surface area (Å²) in [5, 5.41) is 9.45. The van der Waals surface area contributed by atoms with Crippen molar-refractivity contribution in [3.63, 3.8) is 0 Å². The summed E-state index contributed by atoms with van der Waals surface area (Å²) in [6, 6.07) is 0. The van der Waals surface area contributed by atoms with Gasteiger partial charge in [-0.3, -0.25) is 0 Å². The number of hydrogen-bond acceptors (Lipinski definition) is 1. The van der Waals surface area contributed by atoms with Gasteiger partial charge in [0, 0.05) is 0 Å². The van der Waals surface area contributed by atoms with Crippen LogP contribution in [-0.4, -0.2) is 10.7 Å². The van der Waals surface area contributed by atoms with Crippen molar-refractivity contribution < 1.29 is 5.11 Å². The molecule has 2 saturated carbocycles. The lowest BCUT2D eigenvalue weighted by atomic mass is 9.80. The van der Waals surface area contributed by atoms with E-state index in [1.54, 1.807) is 0 Å². The summed E-state index contributed by atoms with van der Waals surface area (Å²) in [4.78, 5) is 0. The van der Waals surface area contributed by atoms with Crippen LogP contribution in [0, 0.1) is 11.8 Å². The van der Waals surface area contributed by atoms with E-state index in [-0.39, 0.29) is 5.60 Å². The van der Waals surface area contributed by atoms with Crippen LogP contribution < -0.4 is 0 Å². The molecule has 1 N–H and O–H groups in total. The minimum absolute atomic E-state index is 0.144. The summed E-state index contributed by atoms with van der Waals surface area (Å²) < 4.78 is 0. The van der Waals surface area contributed by atoms with Gasteiger partial charge >= 0.3 is 0 Å². The largest absolute Gasteiger partial charge is 0.389 e. The SMILES string of the molecule is CCC1CC2CC12O. The van der Waals surface area contributed by atoms with E-state index in [4.69, 9.17) is 0 Å². The maximum absolute atomic E-state index is 9.45. The minimum atomic E-state index is -0.144. The monoisotopic (exact) mass is 112 g/mol. The summed E-state index contributed by atoms with van der Waals surface area (Å²) in [5.74, 6) is 1.37. The van der Waals surface area contributed by atoms with Gasteiger partial charge in [0.25, 0.3) is 0 Å². The van der Waals surface area contributed by atoms with E-state index in [1.807, 2.05) is 0 Å². The van der Waals surface area contributed by atoms with Crippen LogP contribution in [0.5, 0.6) is 0 Å². The molecule has 0 bridgehead atoms. The van der Waals surface area contributed by atoms with Crippen molar-refractivity contribution in [1.82, 2.24) is 0 Å². The topological polar surface area (TPSA) is 20.2 Å².